The van der Waals surface area contributed by atoms with E-state index < -0.39 is 0 Å². The number of oxazole rings is 2. The third-order valence-electron chi connectivity index (χ3n) is 4.97. The van der Waals surface area contributed by atoms with E-state index in [-0.39, 0.29) is 0 Å². The highest BCUT2D eigenvalue weighted by Crippen LogP contribution is 2.36. The summed E-state index contributed by atoms with van der Waals surface area (Å²) in [6.07, 6.45) is 0. The highest BCUT2D eigenvalue weighted by molar-refractivity contribution is 5.81. The van der Waals surface area contributed by atoms with Crippen LogP contribution in [-0.4, -0.2) is 9.97 Å². The van der Waals surface area contributed by atoms with Crippen LogP contribution in [0.5, 0.6) is 0 Å². The van der Waals surface area contributed by atoms with Gasteiger partial charge in [-0.15, -0.1) is 0 Å². The standard InChI is InChI=1S/C26H20N2O2/c1-17-27-23(25(29-17)21-9-5-3-6-10-21)19-13-15-20(16-14-19)24-26(30-18(2)28-24)22-11-7-4-8-12-22/h3-16H,1-2H3. The third-order valence-corrected chi connectivity index (χ3v) is 4.97. The SMILES string of the molecule is Cc1nc(-c2ccc(-c3nc(C)oc3-c3ccccc3)cc2)c(-c2ccccc2)o1. The van der Waals surface area contributed by atoms with Crippen molar-refractivity contribution in [2.45, 2.75) is 13.8 Å². The first-order valence-corrected chi connectivity index (χ1v) is 9.85. The smallest absolute Gasteiger partial charge is 0.192 e. The first-order valence-electron chi connectivity index (χ1n) is 9.85. The quantitative estimate of drug-likeness (QED) is 0.332. The van der Waals surface area contributed by atoms with Crippen LogP contribution in [0, 0.1) is 13.8 Å². The third kappa shape index (κ3) is 3.33. The lowest BCUT2D eigenvalue weighted by molar-refractivity contribution is 0.534. The fourth-order valence-electron chi connectivity index (χ4n) is 3.60. The minimum absolute atomic E-state index is 0.645. The molecule has 0 N–H and O–H groups in total. The zero-order valence-corrected chi connectivity index (χ0v) is 16.8. The Morgan fingerprint density at radius 1 is 0.467 bits per heavy atom. The van der Waals surface area contributed by atoms with Crippen LogP contribution in [0.3, 0.4) is 0 Å². The van der Waals surface area contributed by atoms with Gasteiger partial charge < -0.3 is 8.83 Å². The molecule has 0 aliphatic rings. The summed E-state index contributed by atoms with van der Waals surface area (Å²) >= 11 is 0. The topological polar surface area (TPSA) is 52.1 Å². The van der Waals surface area contributed by atoms with Gasteiger partial charge in [-0.3, -0.25) is 0 Å². The molecule has 0 fully saturated rings. The van der Waals surface area contributed by atoms with Crippen molar-refractivity contribution in [1.29, 1.82) is 0 Å². The average Bonchev–Trinajstić information content (AvgIpc) is 3.38. The van der Waals surface area contributed by atoms with Crippen LogP contribution in [0.1, 0.15) is 11.8 Å². The lowest BCUT2D eigenvalue weighted by Gasteiger charge is -2.04. The number of benzene rings is 3. The van der Waals surface area contributed by atoms with Gasteiger partial charge in [-0.05, 0) is 0 Å². The predicted octanol–water partition coefficient (Wildman–Crippen LogP) is 6.95. The molecule has 5 aromatic rings. The Labute approximate surface area is 174 Å². The molecular weight excluding hydrogens is 372 g/mol. The summed E-state index contributed by atoms with van der Waals surface area (Å²) in [4.78, 5) is 9.26. The summed E-state index contributed by atoms with van der Waals surface area (Å²) in [5.74, 6) is 2.85. The highest BCUT2D eigenvalue weighted by Gasteiger charge is 2.18. The lowest BCUT2D eigenvalue weighted by Crippen LogP contribution is -1.86. The van der Waals surface area contributed by atoms with Gasteiger partial charge in [0.05, 0.1) is 0 Å². The van der Waals surface area contributed by atoms with Crippen LogP contribution in [-0.2, 0) is 0 Å². The second-order valence-corrected chi connectivity index (χ2v) is 7.13. The first kappa shape index (κ1) is 18.1. The van der Waals surface area contributed by atoms with Crippen molar-refractivity contribution in [3.05, 3.63) is 96.7 Å². The fourth-order valence-corrected chi connectivity index (χ4v) is 3.60. The maximum absolute atomic E-state index is 5.91. The van der Waals surface area contributed by atoms with E-state index in [1.807, 2.05) is 74.5 Å². The van der Waals surface area contributed by atoms with E-state index in [0.717, 1.165) is 45.2 Å². The van der Waals surface area contributed by atoms with Gasteiger partial charge in [0.1, 0.15) is 11.4 Å². The van der Waals surface area contributed by atoms with Gasteiger partial charge in [-0.25, -0.2) is 9.97 Å². The first-order chi connectivity index (χ1) is 14.7. The Hall–Kier alpha value is -3.92. The second-order valence-electron chi connectivity index (χ2n) is 7.13. The van der Waals surface area contributed by atoms with E-state index in [1.54, 1.807) is 0 Å². The molecule has 0 amide bonds. The van der Waals surface area contributed by atoms with Gasteiger partial charge in [0.15, 0.2) is 23.3 Å². The van der Waals surface area contributed by atoms with Gasteiger partial charge in [0.25, 0.3) is 0 Å². The van der Waals surface area contributed by atoms with E-state index in [9.17, 15) is 0 Å². The van der Waals surface area contributed by atoms with Gasteiger partial charge >= 0.3 is 0 Å². The van der Waals surface area contributed by atoms with Crippen LogP contribution in [0.15, 0.2) is 93.8 Å². The van der Waals surface area contributed by atoms with E-state index in [4.69, 9.17) is 8.83 Å². The molecule has 4 heteroatoms. The Morgan fingerprint density at radius 2 is 0.833 bits per heavy atom. The molecule has 0 radical (unpaired) electrons. The molecule has 0 bridgehead atoms. The highest BCUT2D eigenvalue weighted by atomic mass is 16.4. The lowest BCUT2D eigenvalue weighted by atomic mass is 10.0. The molecule has 0 unspecified atom stereocenters. The maximum atomic E-state index is 5.91. The molecule has 2 aromatic heterocycles. The summed E-state index contributed by atoms with van der Waals surface area (Å²) in [7, 11) is 0. The Kier molecular flexibility index (Phi) is 4.52. The molecule has 0 spiro atoms. The van der Waals surface area contributed by atoms with Crippen molar-refractivity contribution in [3.63, 3.8) is 0 Å². The average molecular weight is 392 g/mol. The molecule has 0 aliphatic heterocycles. The minimum atomic E-state index is 0.645. The molecule has 2 heterocycles. The van der Waals surface area contributed by atoms with Crippen LogP contribution < -0.4 is 0 Å². The summed E-state index contributed by atoms with van der Waals surface area (Å²) in [5.41, 5.74) is 5.69. The number of hydrogen-bond donors (Lipinski definition) is 0. The molecular formula is C26H20N2O2. The second kappa shape index (κ2) is 7.48. The van der Waals surface area contributed by atoms with E-state index in [2.05, 4.69) is 34.2 Å². The normalized spacial score (nSPS) is 11.0. The van der Waals surface area contributed by atoms with Crippen LogP contribution in [0.4, 0.5) is 0 Å². The van der Waals surface area contributed by atoms with Crippen molar-refractivity contribution in [2.75, 3.05) is 0 Å². The van der Waals surface area contributed by atoms with Crippen molar-refractivity contribution in [3.8, 4) is 45.2 Å². The minimum Gasteiger partial charge on any atom is -0.440 e. The number of nitrogens with zero attached hydrogens (tertiary/aromatic N) is 2. The molecule has 0 saturated heterocycles. The Morgan fingerprint density at radius 3 is 1.20 bits per heavy atom. The van der Waals surface area contributed by atoms with Crippen molar-refractivity contribution >= 4 is 0 Å². The molecule has 146 valence electrons. The van der Waals surface area contributed by atoms with E-state index in [1.165, 1.54) is 0 Å². The number of aromatic nitrogens is 2. The Bertz CT molecular complexity index is 1180. The summed E-state index contributed by atoms with van der Waals surface area (Å²) < 4.78 is 11.8. The zero-order valence-electron chi connectivity index (χ0n) is 16.8. The summed E-state index contributed by atoms with van der Waals surface area (Å²) in [6.45, 7) is 3.74. The molecule has 4 nitrogen and oxygen atoms in total. The van der Waals surface area contributed by atoms with Gasteiger partial charge in [0, 0.05) is 36.1 Å². The number of aryl methyl sites for hydroxylation is 2. The zero-order chi connectivity index (χ0) is 20.5. The molecule has 0 aliphatic carbocycles. The molecule has 30 heavy (non-hydrogen) atoms. The van der Waals surface area contributed by atoms with Gasteiger partial charge in [-0.2, -0.15) is 0 Å². The molecule has 0 atom stereocenters. The molecule has 3 aromatic carbocycles. The van der Waals surface area contributed by atoms with Crippen LogP contribution in [0.25, 0.3) is 45.2 Å². The van der Waals surface area contributed by atoms with Crippen LogP contribution in [0.2, 0.25) is 0 Å². The van der Waals surface area contributed by atoms with E-state index >= 15 is 0 Å². The fraction of sp³-hybridized carbons (Fsp3) is 0.0769. The summed E-state index contributed by atoms with van der Waals surface area (Å²) in [6, 6.07) is 28.3. The van der Waals surface area contributed by atoms with Crippen molar-refractivity contribution in [1.82, 2.24) is 9.97 Å². The largest absolute Gasteiger partial charge is 0.440 e. The van der Waals surface area contributed by atoms with Gasteiger partial charge in [0.2, 0.25) is 0 Å². The van der Waals surface area contributed by atoms with Crippen molar-refractivity contribution < 1.29 is 8.83 Å². The monoisotopic (exact) mass is 392 g/mol. The predicted molar refractivity (Wildman–Crippen MR) is 118 cm³/mol. The van der Waals surface area contributed by atoms with Crippen molar-refractivity contribution in [2.24, 2.45) is 0 Å². The van der Waals surface area contributed by atoms with E-state index in [0.29, 0.717) is 11.8 Å². The molecule has 0 saturated carbocycles. The van der Waals surface area contributed by atoms with Crippen LogP contribution >= 0.6 is 0 Å². The number of hydrogen-bond acceptors (Lipinski definition) is 4. The van der Waals surface area contributed by atoms with Gasteiger partial charge in [-0.1, -0.05) is 84.9 Å². The Balaban J connectivity index is 1.55. The maximum Gasteiger partial charge on any atom is 0.192 e. The molecule has 5 rings (SSSR count). The summed E-state index contributed by atoms with van der Waals surface area (Å²) in [5, 5.41) is 0. The number of rotatable bonds is 4.